The summed E-state index contributed by atoms with van der Waals surface area (Å²) < 4.78 is 7.56. The molecule has 0 aliphatic carbocycles. The number of benzene rings is 2. The smallest absolute Gasteiger partial charge is 0.251 e. The van der Waals surface area contributed by atoms with Crippen molar-refractivity contribution in [1.82, 2.24) is 19.8 Å². The fourth-order valence-corrected chi connectivity index (χ4v) is 5.06. The normalized spacial score (nSPS) is 16.6. The number of nitrogens with two attached hydrogens (primary N) is 1. The second kappa shape index (κ2) is 12.3. The second-order valence-corrected chi connectivity index (χ2v) is 10.1. The number of methoxy groups -OCH3 is 1. The predicted octanol–water partition coefficient (Wildman–Crippen LogP) is 3.54. The molecule has 0 radical (unpaired) electrons. The van der Waals surface area contributed by atoms with Crippen molar-refractivity contribution < 1.29 is 14.3 Å². The lowest BCUT2D eigenvalue weighted by Crippen LogP contribution is -2.45. The van der Waals surface area contributed by atoms with E-state index in [1.165, 1.54) is 0 Å². The van der Waals surface area contributed by atoms with Gasteiger partial charge in [0.2, 0.25) is 5.91 Å². The maximum atomic E-state index is 13.1. The molecule has 3 N–H and O–H groups in total. The van der Waals surface area contributed by atoms with Crippen molar-refractivity contribution in [3.05, 3.63) is 65.0 Å². The average molecular weight is 506 g/mol. The Hall–Kier alpha value is -3.23. The molecule has 2 aromatic carbocycles. The molecule has 0 spiro atoms. The molecule has 1 saturated heterocycles. The first kappa shape index (κ1) is 26.8. The molecule has 2 heterocycles. The number of imidazole rings is 1. The van der Waals surface area contributed by atoms with Crippen molar-refractivity contribution in [2.45, 2.75) is 58.0 Å². The van der Waals surface area contributed by atoms with Gasteiger partial charge in [-0.05, 0) is 68.5 Å². The lowest BCUT2D eigenvalue weighted by Gasteiger charge is -2.33. The van der Waals surface area contributed by atoms with Crippen molar-refractivity contribution in [3.63, 3.8) is 0 Å². The summed E-state index contributed by atoms with van der Waals surface area (Å²) in [4.78, 5) is 32.5. The van der Waals surface area contributed by atoms with E-state index >= 15 is 0 Å². The molecular formula is C29H39N5O3. The van der Waals surface area contributed by atoms with E-state index in [1.807, 2.05) is 55.1 Å². The molecule has 4 rings (SSSR count). The van der Waals surface area contributed by atoms with Crippen LogP contribution < -0.4 is 11.1 Å². The number of rotatable bonds is 10. The summed E-state index contributed by atoms with van der Waals surface area (Å²) in [7, 11) is 1.72. The summed E-state index contributed by atoms with van der Waals surface area (Å²) >= 11 is 0. The van der Waals surface area contributed by atoms with Crippen LogP contribution in [0.3, 0.4) is 0 Å². The predicted molar refractivity (Wildman–Crippen MR) is 146 cm³/mol. The highest BCUT2D eigenvalue weighted by molar-refractivity contribution is 5.94. The first-order valence-corrected chi connectivity index (χ1v) is 13.2. The number of hydrogen-bond donors (Lipinski definition) is 2. The van der Waals surface area contributed by atoms with Crippen LogP contribution in [0.5, 0.6) is 0 Å². The van der Waals surface area contributed by atoms with E-state index in [-0.39, 0.29) is 30.7 Å². The first-order chi connectivity index (χ1) is 17.9. The third kappa shape index (κ3) is 6.56. The number of aryl methyl sites for hydroxylation is 3. The molecule has 0 unspecified atom stereocenters. The minimum Gasteiger partial charge on any atom is -0.385 e. The molecule has 198 valence electrons. The van der Waals surface area contributed by atoms with E-state index in [2.05, 4.69) is 16.0 Å². The zero-order chi connectivity index (χ0) is 26.4. The summed E-state index contributed by atoms with van der Waals surface area (Å²) in [6, 6.07) is 13.4. The number of hydrogen-bond acceptors (Lipinski definition) is 5. The van der Waals surface area contributed by atoms with Crippen LogP contribution in [-0.4, -0.2) is 65.7 Å². The Morgan fingerprint density at radius 3 is 2.78 bits per heavy atom. The monoisotopic (exact) mass is 505 g/mol. The summed E-state index contributed by atoms with van der Waals surface area (Å²) in [6.45, 7) is 7.13. The number of carbonyl (C=O) groups excluding carboxylic acids is 2. The van der Waals surface area contributed by atoms with Crippen molar-refractivity contribution in [2.24, 2.45) is 5.73 Å². The zero-order valence-corrected chi connectivity index (χ0v) is 22.2. The van der Waals surface area contributed by atoms with Crippen LogP contribution in [0.2, 0.25) is 0 Å². The minimum atomic E-state index is -0.443. The van der Waals surface area contributed by atoms with Crippen LogP contribution in [0.15, 0.2) is 42.5 Å². The molecule has 1 aliphatic heterocycles. The van der Waals surface area contributed by atoms with E-state index in [4.69, 9.17) is 15.5 Å². The quantitative estimate of drug-likeness (QED) is 0.410. The van der Waals surface area contributed by atoms with Crippen LogP contribution in [0.1, 0.15) is 58.9 Å². The number of ether oxygens (including phenoxy) is 1. The molecule has 1 aliphatic rings. The Balaban J connectivity index is 1.36. The van der Waals surface area contributed by atoms with E-state index in [0.717, 1.165) is 60.3 Å². The standard InChI is InChI=1S/C29H39N5O3/c1-20-11-12-22(16-21(20)2)29(36)31-18-24(30)17-27(35)33-13-6-8-23(19-33)28-32-25-9-4-5-10-26(25)34(28)14-7-15-37-3/h4-5,9-12,16,23-24H,6-8,13-15,17-19,30H2,1-3H3,(H,31,36)/t23-,24+/m1/s1. The molecule has 0 saturated carbocycles. The number of aromatic nitrogens is 2. The van der Waals surface area contributed by atoms with Crippen LogP contribution >= 0.6 is 0 Å². The first-order valence-electron chi connectivity index (χ1n) is 13.2. The number of nitrogens with one attached hydrogen (secondary N) is 1. The Morgan fingerprint density at radius 2 is 2.00 bits per heavy atom. The van der Waals surface area contributed by atoms with Crippen LogP contribution in [-0.2, 0) is 16.1 Å². The van der Waals surface area contributed by atoms with Crippen molar-refractivity contribution in [3.8, 4) is 0 Å². The van der Waals surface area contributed by atoms with Crippen LogP contribution in [0.4, 0.5) is 0 Å². The van der Waals surface area contributed by atoms with Gasteiger partial charge in [-0.1, -0.05) is 18.2 Å². The van der Waals surface area contributed by atoms with Gasteiger partial charge in [-0.3, -0.25) is 9.59 Å². The van der Waals surface area contributed by atoms with Crippen molar-refractivity contribution in [1.29, 1.82) is 0 Å². The van der Waals surface area contributed by atoms with Gasteiger partial charge in [0, 0.05) is 63.8 Å². The number of para-hydroxylation sites is 2. The fourth-order valence-electron chi connectivity index (χ4n) is 5.06. The van der Waals surface area contributed by atoms with E-state index in [0.29, 0.717) is 18.7 Å². The third-order valence-corrected chi connectivity index (χ3v) is 7.28. The van der Waals surface area contributed by atoms with Gasteiger partial charge in [-0.2, -0.15) is 0 Å². The largest absolute Gasteiger partial charge is 0.385 e. The highest BCUT2D eigenvalue weighted by atomic mass is 16.5. The molecule has 0 bridgehead atoms. The summed E-state index contributed by atoms with van der Waals surface area (Å²) in [5.74, 6) is 1.07. The molecular weight excluding hydrogens is 466 g/mol. The van der Waals surface area contributed by atoms with E-state index < -0.39 is 6.04 Å². The van der Waals surface area contributed by atoms with Gasteiger partial charge in [0.1, 0.15) is 5.82 Å². The maximum Gasteiger partial charge on any atom is 0.251 e. The number of likely N-dealkylation sites (tertiary alicyclic amines) is 1. The lowest BCUT2D eigenvalue weighted by molar-refractivity contribution is -0.132. The molecule has 1 aromatic heterocycles. The summed E-state index contributed by atoms with van der Waals surface area (Å²) in [6.07, 6.45) is 3.03. The molecule has 3 aromatic rings. The highest BCUT2D eigenvalue weighted by Crippen LogP contribution is 2.30. The average Bonchev–Trinajstić information content (AvgIpc) is 3.27. The van der Waals surface area contributed by atoms with Crippen molar-refractivity contribution in [2.75, 3.05) is 33.4 Å². The van der Waals surface area contributed by atoms with Gasteiger partial charge >= 0.3 is 0 Å². The van der Waals surface area contributed by atoms with Crippen LogP contribution in [0.25, 0.3) is 11.0 Å². The van der Waals surface area contributed by atoms with Gasteiger partial charge in [0.15, 0.2) is 0 Å². The number of piperidine rings is 1. The Bertz CT molecular complexity index is 1240. The minimum absolute atomic E-state index is 0.0275. The molecule has 2 atom stereocenters. The molecule has 8 heteroatoms. The number of amides is 2. The summed E-state index contributed by atoms with van der Waals surface area (Å²) in [5, 5.41) is 2.88. The van der Waals surface area contributed by atoms with E-state index in [1.54, 1.807) is 7.11 Å². The lowest BCUT2D eigenvalue weighted by atomic mass is 9.96. The van der Waals surface area contributed by atoms with Gasteiger partial charge in [-0.25, -0.2) is 4.98 Å². The van der Waals surface area contributed by atoms with E-state index in [9.17, 15) is 9.59 Å². The number of carbonyl (C=O) groups is 2. The number of nitrogens with zero attached hydrogens (tertiary/aromatic N) is 3. The second-order valence-electron chi connectivity index (χ2n) is 10.1. The van der Waals surface area contributed by atoms with Crippen molar-refractivity contribution >= 4 is 22.8 Å². The maximum absolute atomic E-state index is 13.1. The Morgan fingerprint density at radius 1 is 1.19 bits per heavy atom. The molecule has 37 heavy (non-hydrogen) atoms. The van der Waals surface area contributed by atoms with Crippen LogP contribution in [0, 0.1) is 13.8 Å². The molecule has 8 nitrogen and oxygen atoms in total. The van der Waals surface area contributed by atoms with Gasteiger partial charge in [0.05, 0.1) is 11.0 Å². The van der Waals surface area contributed by atoms with Gasteiger partial charge < -0.3 is 25.3 Å². The Kier molecular flexibility index (Phi) is 8.95. The molecule has 2 amide bonds. The Labute approximate surface area is 219 Å². The summed E-state index contributed by atoms with van der Waals surface area (Å²) in [5.41, 5.74) is 11.2. The SMILES string of the molecule is COCCCn1c([C@@H]2CCCN(C(=O)C[C@H](N)CNC(=O)c3ccc(C)c(C)c3)C2)nc2ccccc21. The highest BCUT2D eigenvalue weighted by Gasteiger charge is 2.29. The topological polar surface area (TPSA) is 102 Å². The fraction of sp³-hybridized carbons (Fsp3) is 0.483. The molecule has 1 fully saturated rings. The third-order valence-electron chi connectivity index (χ3n) is 7.28. The zero-order valence-electron chi connectivity index (χ0n) is 22.2. The number of fused-ring (bicyclic) bond motifs is 1. The van der Waals surface area contributed by atoms with Gasteiger partial charge in [-0.15, -0.1) is 0 Å². The van der Waals surface area contributed by atoms with Gasteiger partial charge in [0.25, 0.3) is 5.91 Å².